The molecule has 0 fully saturated rings. The summed E-state index contributed by atoms with van der Waals surface area (Å²) < 4.78 is 15.0. The van der Waals surface area contributed by atoms with Crippen LogP contribution < -0.4 is 24.4 Å². The monoisotopic (exact) mass is 668 g/mol. The third kappa shape index (κ3) is 5.26. The molecule has 0 radical (unpaired) electrons. The quantitative estimate of drug-likeness (QED) is 0.190. The number of benzene rings is 4. The summed E-state index contributed by atoms with van der Waals surface area (Å²) >= 11 is 11.1. The molecule has 0 spiro atoms. The van der Waals surface area contributed by atoms with Crippen LogP contribution in [0.5, 0.6) is 11.5 Å². The molecule has 7 rings (SSSR count). The third-order valence-corrected chi connectivity index (χ3v) is 9.66. The van der Waals surface area contributed by atoms with E-state index in [4.69, 9.17) is 26.1 Å². The number of ether oxygens (including phenoxy) is 2. The largest absolute Gasteiger partial charge is 0.493 e. The van der Waals surface area contributed by atoms with Crippen molar-refractivity contribution in [2.24, 2.45) is 4.99 Å². The molecule has 5 aromatic rings. The van der Waals surface area contributed by atoms with E-state index in [1.54, 1.807) is 7.11 Å². The highest BCUT2D eigenvalue weighted by molar-refractivity contribution is 9.10. The number of hydrogen-bond acceptors (Lipinski definition) is 5. The summed E-state index contributed by atoms with van der Waals surface area (Å²) in [5.74, 6) is 1.16. The van der Waals surface area contributed by atoms with Gasteiger partial charge in [-0.2, -0.15) is 0 Å². The maximum absolute atomic E-state index is 14.1. The standard InChI is InChI=1S/C35H26BrClN2O3S/c1-41-29-18-22(17-28(36)33(29)42-20-21-11-14-25(37)15-12-21)19-30-34(40)39-32(24-8-3-2-4-9-24)27-16-13-23-7-5-6-10-26(23)31(27)38-35(39)43-30/h2-12,14-15,17-19,32H,13,16,20H2,1H3/b30-19+/t32-/m1/s1. The molecule has 2 heterocycles. The molecule has 1 aliphatic carbocycles. The molecule has 43 heavy (non-hydrogen) atoms. The van der Waals surface area contributed by atoms with Crippen molar-refractivity contribution < 1.29 is 9.47 Å². The summed E-state index contributed by atoms with van der Waals surface area (Å²) in [6.07, 6.45) is 3.69. The lowest BCUT2D eigenvalue weighted by Crippen LogP contribution is -2.38. The Balaban J connectivity index is 1.31. The van der Waals surface area contributed by atoms with E-state index in [-0.39, 0.29) is 11.6 Å². The average molecular weight is 670 g/mol. The van der Waals surface area contributed by atoms with Gasteiger partial charge in [-0.1, -0.05) is 89.7 Å². The number of rotatable bonds is 6. The van der Waals surface area contributed by atoms with E-state index in [1.165, 1.54) is 22.5 Å². The number of methoxy groups -OCH3 is 1. The summed E-state index contributed by atoms with van der Waals surface area (Å²) in [6.45, 7) is 0.358. The van der Waals surface area contributed by atoms with Crippen LogP contribution >= 0.6 is 38.9 Å². The number of fused-ring (bicyclic) bond motifs is 3. The van der Waals surface area contributed by atoms with Gasteiger partial charge in [0.25, 0.3) is 5.56 Å². The lowest BCUT2D eigenvalue weighted by molar-refractivity contribution is 0.282. The number of halogens is 2. The Morgan fingerprint density at radius 2 is 1.79 bits per heavy atom. The maximum atomic E-state index is 14.1. The molecule has 1 aliphatic heterocycles. The van der Waals surface area contributed by atoms with Crippen molar-refractivity contribution in [2.45, 2.75) is 25.5 Å². The fourth-order valence-electron chi connectivity index (χ4n) is 5.81. The van der Waals surface area contributed by atoms with Gasteiger partial charge in [0.05, 0.1) is 27.9 Å². The van der Waals surface area contributed by atoms with Crippen LogP contribution in [0, 0.1) is 0 Å². The van der Waals surface area contributed by atoms with E-state index in [2.05, 4.69) is 52.3 Å². The van der Waals surface area contributed by atoms with Crippen molar-refractivity contribution >= 4 is 50.6 Å². The predicted molar refractivity (Wildman–Crippen MR) is 176 cm³/mol. The second-order valence-electron chi connectivity index (χ2n) is 10.5. The van der Waals surface area contributed by atoms with Gasteiger partial charge in [-0.15, -0.1) is 0 Å². The van der Waals surface area contributed by atoms with E-state index in [9.17, 15) is 4.79 Å². The van der Waals surface area contributed by atoms with Crippen LogP contribution in [0.2, 0.25) is 5.02 Å². The first-order valence-electron chi connectivity index (χ1n) is 13.9. The first-order chi connectivity index (χ1) is 21.0. The Kier molecular flexibility index (Phi) is 7.55. The Hall–Kier alpha value is -3.91. The van der Waals surface area contributed by atoms with Crippen molar-refractivity contribution in [1.82, 2.24) is 4.57 Å². The second kappa shape index (κ2) is 11.6. The molecular weight excluding hydrogens is 644 g/mol. The molecule has 0 N–H and O–H groups in total. The summed E-state index contributed by atoms with van der Waals surface area (Å²) in [6, 6.07) is 29.9. The van der Waals surface area contributed by atoms with Crippen LogP contribution in [0.15, 0.2) is 111 Å². The Bertz CT molecular complexity index is 2070. The molecule has 5 nitrogen and oxygen atoms in total. The van der Waals surface area contributed by atoms with Gasteiger partial charge >= 0.3 is 0 Å². The van der Waals surface area contributed by atoms with Crippen LogP contribution in [0.4, 0.5) is 0 Å². The lowest BCUT2D eigenvalue weighted by Gasteiger charge is -2.30. The van der Waals surface area contributed by atoms with Crippen LogP contribution in [-0.2, 0) is 13.0 Å². The van der Waals surface area contributed by atoms with Gasteiger partial charge in [-0.25, -0.2) is 4.99 Å². The Morgan fingerprint density at radius 3 is 2.58 bits per heavy atom. The van der Waals surface area contributed by atoms with E-state index < -0.39 is 0 Å². The van der Waals surface area contributed by atoms with E-state index >= 15 is 0 Å². The average Bonchev–Trinajstić information content (AvgIpc) is 3.34. The predicted octanol–water partition coefficient (Wildman–Crippen LogP) is 7.32. The molecule has 8 heteroatoms. The zero-order valence-electron chi connectivity index (χ0n) is 23.2. The topological polar surface area (TPSA) is 52.8 Å². The smallest absolute Gasteiger partial charge is 0.271 e. The van der Waals surface area contributed by atoms with Gasteiger partial charge in [0.2, 0.25) is 0 Å². The number of aromatic nitrogens is 1. The van der Waals surface area contributed by atoms with Crippen LogP contribution in [-0.4, -0.2) is 11.7 Å². The van der Waals surface area contributed by atoms with Crippen molar-refractivity contribution in [3.8, 4) is 11.5 Å². The van der Waals surface area contributed by atoms with Crippen LogP contribution in [0.3, 0.4) is 0 Å². The number of thiazole rings is 1. The number of aryl methyl sites for hydroxylation is 1. The third-order valence-electron chi connectivity index (χ3n) is 7.83. The molecule has 0 amide bonds. The van der Waals surface area contributed by atoms with Gasteiger partial charge in [0, 0.05) is 10.6 Å². The Morgan fingerprint density at radius 1 is 1.02 bits per heavy atom. The lowest BCUT2D eigenvalue weighted by atomic mass is 9.83. The molecule has 0 bridgehead atoms. The van der Waals surface area contributed by atoms with Gasteiger partial charge in [-0.05, 0) is 86.9 Å². The SMILES string of the molecule is COc1cc(/C=c2/sc3n(c2=O)[C@H](c2ccccc2)C2=C(N=3)c3ccccc3CC2)cc(Br)c1OCc1ccc(Cl)cc1. The van der Waals surface area contributed by atoms with Gasteiger partial charge in [0.1, 0.15) is 6.61 Å². The fourth-order valence-corrected chi connectivity index (χ4v) is 7.51. The normalized spacial score (nSPS) is 15.8. The zero-order chi connectivity index (χ0) is 29.5. The number of allylic oxidation sites excluding steroid dienone is 1. The summed E-state index contributed by atoms with van der Waals surface area (Å²) in [4.78, 5) is 19.9. The molecule has 1 atom stereocenters. The molecular formula is C35H26BrClN2O3S. The highest BCUT2D eigenvalue weighted by Crippen LogP contribution is 2.41. The van der Waals surface area contributed by atoms with Crippen molar-refractivity contribution in [1.29, 1.82) is 0 Å². The minimum atomic E-state index is -0.201. The minimum Gasteiger partial charge on any atom is -0.493 e. The van der Waals surface area contributed by atoms with E-state index in [0.717, 1.165) is 45.3 Å². The molecule has 0 saturated carbocycles. The summed E-state index contributed by atoms with van der Waals surface area (Å²) in [7, 11) is 1.61. The molecule has 214 valence electrons. The zero-order valence-corrected chi connectivity index (χ0v) is 26.4. The number of nitrogens with zero attached hydrogens (tertiary/aromatic N) is 2. The fraction of sp³-hybridized carbons (Fsp3) is 0.143. The van der Waals surface area contributed by atoms with E-state index in [1.807, 2.05) is 65.2 Å². The molecule has 1 aromatic heterocycles. The highest BCUT2D eigenvalue weighted by Gasteiger charge is 2.32. The van der Waals surface area contributed by atoms with Crippen LogP contribution in [0.25, 0.3) is 11.8 Å². The van der Waals surface area contributed by atoms with Gasteiger partial charge in [-0.3, -0.25) is 9.36 Å². The van der Waals surface area contributed by atoms with Crippen LogP contribution in [0.1, 0.15) is 40.3 Å². The molecule has 0 unspecified atom stereocenters. The van der Waals surface area contributed by atoms with Crippen molar-refractivity contribution in [3.63, 3.8) is 0 Å². The number of hydrogen-bond donors (Lipinski definition) is 0. The molecule has 4 aromatic carbocycles. The summed E-state index contributed by atoms with van der Waals surface area (Å²) in [5.41, 5.74) is 7.48. The summed E-state index contributed by atoms with van der Waals surface area (Å²) in [5, 5.41) is 0.678. The van der Waals surface area contributed by atoms with E-state index in [0.29, 0.717) is 32.5 Å². The van der Waals surface area contributed by atoms with Crippen molar-refractivity contribution in [3.05, 3.63) is 154 Å². The first kappa shape index (κ1) is 27.9. The second-order valence-corrected chi connectivity index (χ2v) is 12.8. The first-order valence-corrected chi connectivity index (χ1v) is 15.9. The molecule has 2 aliphatic rings. The van der Waals surface area contributed by atoms with Gasteiger partial charge in [0.15, 0.2) is 16.3 Å². The van der Waals surface area contributed by atoms with Crippen molar-refractivity contribution in [2.75, 3.05) is 7.11 Å². The van der Waals surface area contributed by atoms with Gasteiger partial charge < -0.3 is 9.47 Å². The molecule has 0 saturated heterocycles. The Labute approximate surface area is 266 Å². The highest BCUT2D eigenvalue weighted by atomic mass is 79.9. The minimum absolute atomic E-state index is 0.0545. The maximum Gasteiger partial charge on any atom is 0.271 e.